The van der Waals surface area contributed by atoms with E-state index in [4.69, 9.17) is 0 Å². The number of rotatable bonds is 3. The molecule has 0 aliphatic heterocycles. The van der Waals surface area contributed by atoms with Gasteiger partial charge in [-0.25, -0.2) is 8.78 Å². The van der Waals surface area contributed by atoms with Crippen LogP contribution in [0.15, 0.2) is 52.7 Å². The molecule has 0 amide bonds. The summed E-state index contributed by atoms with van der Waals surface area (Å²) in [5, 5.41) is 7.67. The average Bonchev–Trinajstić information content (AvgIpc) is 2.38. The first-order valence-electron chi connectivity index (χ1n) is 5.70. The SMILES string of the molecule is CN(C)c1ccc(N=Nc2ccc(F)cc2F)cc1. The molecule has 3 nitrogen and oxygen atoms in total. The highest BCUT2D eigenvalue weighted by Crippen LogP contribution is 2.23. The van der Waals surface area contributed by atoms with Gasteiger partial charge in [-0.3, -0.25) is 0 Å². The van der Waals surface area contributed by atoms with E-state index in [0.717, 1.165) is 17.8 Å². The van der Waals surface area contributed by atoms with Gasteiger partial charge in [0.05, 0.1) is 5.69 Å². The molecule has 0 aromatic heterocycles. The smallest absolute Gasteiger partial charge is 0.153 e. The fraction of sp³-hybridized carbons (Fsp3) is 0.143. The summed E-state index contributed by atoms with van der Waals surface area (Å²) in [4.78, 5) is 1.96. The minimum absolute atomic E-state index is 0.0121. The lowest BCUT2D eigenvalue weighted by Gasteiger charge is -2.11. The quantitative estimate of drug-likeness (QED) is 0.750. The first-order valence-corrected chi connectivity index (χ1v) is 5.70. The molecule has 0 radical (unpaired) electrons. The topological polar surface area (TPSA) is 28.0 Å². The monoisotopic (exact) mass is 261 g/mol. The zero-order chi connectivity index (χ0) is 13.8. The fourth-order valence-corrected chi connectivity index (χ4v) is 1.49. The maximum atomic E-state index is 13.3. The van der Waals surface area contributed by atoms with Gasteiger partial charge in [0, 0.05) is 25.8 Å². The Morgan fingerprint density at radius 2 is 1.58 bits per heavy atom. The number of nitrogens with zero attached hydrogens (tertiary/aromatic N) is 3. The molecule has 2 rings (SSSR count). The van der Waals surface area contributed by atoms with Crippen LogP contribution >= 0.6 is 0 Å². The molecule has 98 valence electrons. The van der Waals surface area contributed by atoms with Crippen LogP contribution < -0.4 is 4.90 Å². The number of anilines is 1. The molecule has 0 N–H and O–H groups in total. The van der Waals surface area contributed by atoms with Crippen molar-refractivity contribution in [2.75, 3.05) is 19.0 Å². The van der Waals surface area contributed by atoms with Gasteiger partial charge in [0.2, 0.25) is 0 Å². The number of hydrogen-bond acceptors (Lipinski definition) is 3. The number of azo groups is 1. The van der Waals surface area contributed by atoms with Crippen molar-refractivity contribution in [2.24, 2.45) is 10.2 Å². The summed E-state index contributed by atoms with van der Waals surface area (Å²) < 4.78 is 26.0. The molecular formula is C14H13F2N3. The van der Waals surface area contributed by atoms with Crippen molar-refractivity contribution in [1.82, 2.24) is 0 Å². The third-order valence-corrected chi connectivity index (χ3v) is 2.55. The summed E-state index contributed by atoms with van der Waals surface area (Å²) in [7, 11) is 3.87. The van der Waals surface area contributed by atoms with E-state index in [0.29, 0.717) is 5.69 Å². The third-order valence-electron chi connectivity index (χ3n) is 2.55. The van der Waals surface area contributed by atoms with Gasteiger partial charge in [0.25, 0.3) is 0 Å². The molecule has 0 aliphatic carbocycles. The van der Waals surface area contributed by atoms with Gasteiger partial charge < -0.3 is 4.90 Å². The average molecular weight is 261 g/mol. The van der Waals surface area contributed by atoms with E-state index in [1.54, 1.807) is 12.1 Å². The van der Waals surface area contributed by atoms with E-state index in [-0.39, 0.29) is 5.69 Å². The van der Waals surface area contributed by atoms with E-state index in [1.807, 2.05) is 31.1 Å². The van der Waals surface area contributed by atoms with Crippen LogP contribution in [0.2, 0.25) is 0 Å². The second kappa shape index (κ2) is 5.56. The second-order valence-corrected chi connectivity index (χ2v) is 4.21. The third kappa shape index (κ3) is 3.34. The fourth-order valence-electron chi connectivity index (χ4n) is 1.49. The standard InChI is InChI=1S/C14H13F2N3/c1-19(2)12-6-4-11(5-7-12)17-18-14-8-3-10(15)9-13(14)16/h3-9H,1-2H3. The van der Waals surface area contributed by atoms with Gasteiger partial charge in [-0.1, -0.05) is 0 Å². The molecule has 0 unspecified atom stereocenters. The molecule has 0 heterocycles. The summed E-state index contributed by atoms with van der Waals surface area (Å²) in [5.41, 5.74) is 1.65. The molecule has 19 heavy (non-hydrogen) atoms. The van der Waals surface area contributed by atoms with Gasteiger partial charge >= 0.3 is 0 Å². The van der Waals surface area contributed by atoms with Crippen LogP contribution in [0.25, 0.3) is 0 Å². The van der Waals surface area contributed by atoms with Gasteiger partial charge in [-0.05, 0) is 36.4 Å². The van der Waals surface area contributed by atoms with E-state index in [2.05, 4.69) is 10.2 Å². The van der Waals surface area contributed by atoms with Crippen molar-refractivity contribution >= 4 is 17.1 Å². The van der Waals surface area contributed by atoms with Crippen molar-refractivity contribution in [2.45, 2.75) is 0 Å². The van der Waals surface area contributed by atoms with Gasteiger partial charge in [-0.15, -0.1) is 5.11 Å². The minimum Gasteiger partial charge on any atom is -0.378 e. The van der Waals surface area contributed by atoms with Crippen LogP contribution in [0.5, 0.6) is 0 Å². The zero-order valence-electron chi connectivity index (χ0n) is 10.6. The second-order valence-electron chi connectivity index (χ2n) is 4.21. The molecule has 0 saturated heterocycles. The summed E-state index contributed by atoms with van der Waals surface area (Å²) in [5.74, 6) is -1.36. The van der Waals surface area contributed by atoms with Gasteiger partial charge in [-0.2, -0.15) is 5.11 Å². The Hall–Kier alpha value is -2.30. The van der Waals surface area contributed by atoms with E-state index in [9.17, 15) is 8.78 Å². The lowest BCUT2D eigenvalue weighted by Crippen LogP contribution is -2.07. The molecule has 2 aromatic rings. The van der Waals surface area contributed by atoms with Crippen LogP contribution in [0.3, 0.4) is 0 Å². The summed E-state index contributed by atoms with van der Waals surface area (Å²) in [6.45, 7) is 0. The molecule has 0 bridgehead atoms. The van der Waals surface area contributed by atoms with E-state index in [1.165, 1.54) is 6.07 Å². The highest BCUT2D eigenvalue weighted by molar-refractivity contribution is 5.52. The highest BCUT2D eigenvalue weighted by atomic mass is 19.1. The largest absolute Gasteiger partial charge is 0.378 e. The minimum atomic E-state index is -0.728. The Bertz CT molecular complexity index is 592. The Labute approximate surface area is 110 Å². The Morgan fingerprint density at radius 1 is 0.895 bits per heavy atom. The summed E-state index contributed by atoms with van der Waals surface area (Å²) in [6, 6.07) is 10.5. The van der Waals surface area contributed by atoms with Crippen molar-refractivity contribution < 1.29 is 8.78 Å². The number of halogens is 2. The molecule has 0 atom stereocenters. The Morgan fingerprint density at radius 3 is 2.16 bits per heavy atom. The van der Waals surface area contributed by atoms with Crippen LogP contribution in [0.4, 0.5) is 25.8 Å². The summed E-state index contributed by atoms with van der Waals surface area (Å²) >= 11 is 0. The molecule has 0 aliphatic rings. The van der Waals surface area contributed by atoms with Gasteiger partial charge in [0.15, 0.2) is 5.82 Å². The van der Waals surface area contributed by atoms with E-state index < -0.39 is 11.6 Å². The maximum absolute atomic E-state index is 13.3. The van der Waals surface area contributed by atoms with Crippen molar-refractivity contribution in [3.63, 3.8) is 0 Å². The molecule has 5 heteroatoms. The molecule has 0 fully saturated rings. The lowest BCUT2D eigenvalue weighted by molar-refractivity contribution is 0.584. The Kier molecular flexibility index (Phi) is 3.85. The maximum Gasteiger partial charge on any atom is 0.153 e. The lowest BCUT2D eigenvalue weighted by atomic mass is 10.3. The first-order chi connectivity index (χ1) is 9.06. The van der Waals surface area contributed by atoms with Crippen LogP contribution in [0.1, 0.15) is 0 Å². The van der Waals surface area contributed by atoms with Gasteiger partial charge in [0.1, 0.15) is 11.5 Å². The first kappa shape index (κ1) is 13.1. The molecule has 0 spiro atoms. The van der Waals surface area contributed by atoms with Crippen molar-refractivity contribution in [3.05, 3.63) is 54.1 Å². The normalized spacial score (nSPS) is 10.9. The van der Waals surface area contributed by atoms with Crippen LogP contribution in [0, 0.1) is 11.6 Å². The van der Waals surface area contributed by atoms with E-state index >= 15 is 0 Å². The summed E-state index contributed by atoms with van der Waals surface area (Å²) in [6.07, 6.45) is 0. The molecule has 0 saturated carbocycles. The Balaban J connectivity index is 2.18. The van der Waals surface area contributed by atoms with Crippen LogP contribution in [-0.4, -0.2) is 14.1 Å². The highest BCUT2D eigenvalue weighted by Gasteiger charge is 2.02. The predicted molar refractivity (Wildman–Crippen MR) is 71.3 cm³/mol. The number of hydrogen-bond donors (Lipinski definition) is 0. The zero-order valence-corrected chi connectivity index (χ0v) is 10.6. The molecular weight excluding hydrogens is 248 g/mol. The van der Waals surface area contributed by atoms with Crippen molar-refractivity contribution in [3.8, 4) is 0 Å². The van der Waals surface area contributed by atoms with Crippen LogP contribution in [-0.2, 0) is 0 Å². The number of benzene rings is 2. The molecule has 2 aromatic carbocycles. The van der Waals surface area contributed by atoms with Crippen molar-refractivity contribution in [1.29, 1.82) is 0 Å². The predicted octanol–water partition coefficient (Wildman–Crippen LogP) is 4.45.